The van der Waals surface area contributed by atoms with Crippen LogP contribution in [-0.4, -0.2) is 30.7 Å². The zero-order valence-corrected chi connectivity index (χ0v) is 12.0. The first-order valence-corrected chi connectivity index (χ1v) is 8.42. The molecule has 2 atom stereocenters. The number of hydrogen-bond acceptors (Lipinski definition) is 3. The Balaban J connectivity index is 3.26. The number of hydrogen-bond donors (Lipinski definition) is 1. The molecule has 4 nitrogen and oxygen atoms in total. The summed E-state index contributed by atoms with van der Waals surface area (Å²) in [6.07, 6.45) is 1.30. The molecule has 1 rings (SSSR count). The van der Waals surface area contributed by atoms with Gasteiger partial charge in [0.2, 0.25) is 10.0 Å². The van der Waals surface area contributed by atoms with Gasteiger partial charge in [-0.05, 0) is 6.92 Å². The monoisotopic (exact) mass is 333 g/mol. The molecule has 0 spiro atoms. The molecule has 114 valence electrons. The highest BCUT2D eigenvalue weighted by Crippen LogP contribution is 2.23. The van der Waals surface area contributed by atoms with Gasteiger partial charge in [0.25, 0.3) is 0 Å². The maximum Gasteiger partial charge on any atom is 0.246 e. The summed E-state index contributed by atoms with van der Waals surface area (Å²) in [5, 5.41) is 0. The van der Waals surface area contributed by atoms with Gasteiger partial charge in [0.05, 0.1) is 0 Å². The van der Waals surface area contributed by atoms with Crippen molar-refractivity contribution in [3.8, 4) is 0 Å². The van der Waals surface area contributed by atoms with E-state index in [0.717, 1.165) is 0 Å². The van der Waals surface area contributed by atoms with Gasteiger partial charge >= 0.3 is 0 Å². The van der Waals surface area contributed by atoms with Crippen LogP contribution in [0.3, 0.4) is 0 Å². The molecule has 1 aromatic rings. The van der Waals surface area contributed by atoms with Gasteiger partial charge < -0.3 is 0 Å². The average molecular weight is 333 g/mol. The van der Waals surface area contributed by atoms with E-state index in [1.54, 1.807) is 4.72 Å². The molecule has 1 N–H and O–H groups in total. The third kappa shape index (κ3) is 3.76. The Morgan fingerprint density at radius 2 is 1.65 bits per heavy atom. The van der Waals surface area contributed by atoms with E-state index < -0.39 is 55.0 Å². The maximum absolute atomic E-state index is 13.4. The summed E-state index contributed by atoms with van der Waals surface area (Å²) in [7, 11) is -6.19. The number of nitrogens with one attached hydrogen (secondary N) is 1. The number of halogens is 4. The number of rotatable bonds is 5. The number of sulfonamides is 1. The molecule has 0 aliphatic heterocycles. The van der Waals surface area contributed by atoms with Crippen molar-refractivity contribution in [2.75, 3.05) is 12.0 Å². The second kappa shape index (κ2) is 6.19. The normalized spacial score (nSPS) is 15.1. The van der Waals surface area contributed by atoms with Crippen molar-refractivity contribution in [3.05, 3.63) is 29.3 Å². The molecule has 0 heterocycles. The summed E-state index contributed by atoms with van der Waals surface area (Å²) in [6, 6.07) is -1.02. The van der Waals surface area contributed by atoms with Crippen LogP contribution < -0.4 is 4.72 Å². The Hall–Kier alpha value is -1.00. The topological polar surface area (TPSA) is 63.2 Å². The number of benzene rings is 1. The Kier molecular flexibility index (Phi) is 5.27. The highest BCUT2D eigenvalue weighted by molar-refractivity contribution is 7.89. The van der Waals surface area contributed by atoms with Crippen molar-refractivity contribution in [1.29, 1.82) is 0 Å². The molecular formula is C10H11F4NO3S2. The van der Waals surface area contributed by atoms with E-state index in [0.29, 0.717) is 0 Å². The van der Waals surface area contributed by atoms with Crippen molar-refractivity contribution in [2.45, 2.75) is 17.9 Å². The fraction of sp³-hybridized carbons (Fsp3) is 0.400. The van der Waals surface area contributed by atoms with Crippen molar-refractivity contribution in [3.63, 3.8) is 0 Å². The van der Waals surface area contributed by atoms with Gasteiger partial charge in [-0.25, -0.2) is 30.7 Å². The first-order chi connectivity index (χ1) is 9.06. The van der Waals surface area contributed by atoms with Gasteiger partial charge in [-0.1, -0.05) is 0 Å². The molecule has 20 heavy (non-hydrogen) atoms. The fourth-order valence-electron chi connectivity index (χ4n) is 1.50. The second-order valence-electron chi connectivity index (χ2n) is 4.06. The summed E-state index contributed by atoms with van der Waals surface area (Å²) in [5.74, 6) is -7.80. The van der Waals surface area contributed by atoms with Crippen LogP contribution in [0, 0.1) is 23.3 Å². The molecule has 10 heteroatoms. The highest BCUT2D eigenvalue weighted by atomic mass is 32.2. The van der Waals surface area contributed by atoms with Crippen LogP contribution in [0.2, 0.25) is 0 Å². The van der Waals surface area contributed by atoms with Crippen molar-refractivity contribution < 1.29 is 30.2 Å². The standard InChI is InChI=1S/C10H11F4NO3S2/c1-5(4-19(2)16)15-20(17,18)10-8(13)6(11)3-7(12)9(10)14/h3,5,15H,4H2,1-2H3/t5-,19-/m1/s1. The molecule has 0 aromatic heterocycles. The zero-order valence-electron chi connectivity index (χ0n) is 10.4. The van der Waals surface area contributed by atoms with Crippen LogP contribution >= 0.6 is 0 Å². The van der Waals surface area contributed by atoms with E-state index >= 15 is 0 Å². The summed E-state index contributed by atoms with van der Waals surface area (Å²) in [5.41, 5.74) is 0. The van der Waals surface area contributed by atoms with E-state index in [2.05, 4.69) is 0 Å². The minimum absolute atomic E-state index is 0.0891. The molecule has 0 aliphatic carbocycles. The lowest BCUT2D eigenvalue weighted by Gasteiger charge is -2.14. The molecule has 1 aromatic carbocycles. The van der Waals surface area contributed by atoms with Gasteiger partial charge in [-0.2, -0.15) is 0 Å². The summed E-state index contributed by atoms with van der Waals surface area (Å²) >= 11 is 0. The van der Waals surface area contributed by atoms with Crippen molar-refractivity contribution in [2.24, 2.45) is 0 Å². The molecule has 0 fully saturated rings. The third-order valence-corrected chi connectivity index (χ3v) is 4.76. The van der Waals surface area contributed by atoms with E-state index in [4.69, 9.17) is 0 Å². The van der Waals surface area contributed by atoms with Crippen LogP contribution in [0.1, 0.15) is 6.92 Å². The second-order valence-corrected chi connectivity index (χ2v) is 7.19. The fourth-order valence-corrected chi connectivity index (χ4v) is 3.79. The van der Waals surface area contributed by atoms with Crippen molar-refractivity contribution in [1.82, 2.24) is 4.72 Å². The molecule has 0 amide bonds. The Morgan fingerprint density at radius 1 is 1.20 bits per heavy atom. The molecule has 0 unspecified atom stereocenters. The van der Waals surface area contributed by atoms with E-state index in [9.17, 15) is 30.2 Å². The lowest BCUT2D eigenvalue weighted by Crippen LogP contribution is -2.37. The molecular weight excluding hydrogens is 322 g/mol. The van der Waals surface area contributed by atoms with Crippen molar-refractivity contribution >= 4 is 20.8 Å². The van der Waals surface area contributed by atoms with Gasteiger partial charge in [-0.3, -0.25) is 4.21 Å². The van der Waals surface area contributed by atoms with Gasteiger partial charge in [0, 0.05) is 34.9 Å². The van der Waals surface area contributed by atoms with Crippen LogP contribution in [-0.2, 0) is 20.8 Å². The highest BCUT2D eigenvalue weighted by Gasteiger charge is 2.30. The molecule has 0 radical (unpaired) electrons. The Bertz CT molecular complexity index is 622. The van der Waals surface area contributed by atoms with Crippen LogP contribution in [0.15, 0.2) is 11.0 Å². The largest absolute Gasteiger partial charge is 0.260 e. The smallest absolute Gasteiger partial charge is 0.246 e. The average Bonchev–Trinajstić information content (AvgIpc) is 2.24. The predicted molar refractivity (Wildman–Crippen MR) is 65.0 cm³/mol. The van der Waals surface area contributed by atoms with E-state index in [1.807, 2.05) is 0 Å². The SMILES string of the molecule is C[C@H](C[S@@](C)=O)NS(=O)(=O)c1c(F)c(F)cc(F)c1F. The third-order valence-electron chi connectivity index (χ3n) is 2.18. The summed E-state index contributed by atoms with van der Waals surface area (Å²) in [6.45, 7) is 1.30. The Labute approximate surface area is 115 Å². The summed E-state index contributed by atoms with van der Waals surface area (Å²) < 4.78 is 89.0. The van der Waals surface area contributed by atoms with E-state index in [-0.39, 0.29) is 11.8 Å². The van der Waals surface area contributed by atoms with Crippen LogP contribution in [0.4, 0.5) is 17.6 Å². The molecule has 0 saturated heterocycles. The first-order valence-electron chi connectivity index (χ1n) is 5.21. The predicted octanol–water partition coefficient (Wildman–Crippen LogP) is 1.29. The minimum Gasteiger partial charge on any atom is -0.260 e. The zero-order chi connectivity index (χ0) is 15.7. The summed E-state index contributed by atoms with van der Waals surface area (Å²) in [4.78, 5) is -1.73. The molecule has 0 aliphatic rings. The van der Waals surface area contributed by atoms with Gasteiger partial charge in [0.15, 0.2) is 28.2 Å². The first kappa shape index (κ1) is 17.1. The Morgan fingerprint density at radius 3 is 2.05 bits per heavy atom. The van der Waals surface area contributed by atoms with Crippen LogP contribution in [0.25, 0.3) is 0 Å². The van der Waals surface area contributed by atoms with Gasteiger partial charge in [-0.15, -0.1) is 0 Å². The molecule has 0 saturated carbocycles. The lowest BCUT2D eigenvalue weighted by molar-refractivity contribution is 0.417. The lowest BCUT2D eigenvalue weighted by atomic mass is 10.3. The quantitative estimate of drug-likeness (QED) is 0.652. The molecule has 0 bridgehead atoms. The van der Waals surface area contributed by atoms with Gasteiger partial charge in [0.1, 0.15) is 0 Å². The van der Waals surface area contributed by atoms with Crippen LogP contribution in [0.5, 0.6) is 0 Å². The minimum atomic E-state index is -4.83. The van der Waals surface area contributed by atoms with E-state index in [1.165, 1.54) is 13.2 Å². The maximum atomic E-state index is 13.4.